The van der Waals surface area contributed by atoms with Crippen LogP contribution in [0.5, 0.6) is 0 Å². The van der Waals surface area contributed by atoms with Crippen molar-refractivity contribution >= 4 is 23.3 Å². The molecule has 0 aliphatic heterocycles. The Balaban J connectivity index is 3.51. The minimum Gasteiger partial charge on any atom is -0.504 e. The van der Waals surface area contributed by atoms with Crippen molar-refractivity contribution in [2.75, 3.05) is 13.7 Å². The Kier molecular flexibility index (Phi) is 6.72. The highest BCUT2D eigenvalue weighted by Gasteiger charge is 2.40. The van der Waals surface area contributed by atoms with E-state index in [1.807, 2.05) is 0 Å². The lowest BCUT2D eigenvalue weighted by molar-refractivity contribution is -0.141. The standard InChI is InChI=1S/C16H16F3NO5/c1-4-25-15(23)12(13(21)16(17,18)19)9(2)20-11-8-6-5-7-10(11)14(22)24-3/h5-8,21H,4H2,1-3H3/b13-12+,20-9?. The van der Waals surface area contributed by atoms with E-state index in [1.165, 1.54) is 31.2 Å². The van der Waals surface area contributed by atoms with Gasteiger partial charge in [0.2, 0.25) is 5.76 Å². The summed E-state index contributed by atoms with van der Waals surface area (Å²) in [5.74, 6) is -4.26. The number of halogens is 3. The number of alkyl halides is 3. The summed E-state index contributed by atoms with van der Waals surface area (Å²) in [6.45, 7) is 2.29. The van der Waals surface area contributed by atoms with Gasteiger partial charge in [-0.3, -0.25) is 4.99 Å². The number of aliphatic hydroxyl groups is 1. The van der Waals surface area contributed by atoms with Crippen molar-refractivity contribution in [2.45, 2.75) is 20.0 Å². The molecule has 0 saturated carbocycles. The van der Waals surface area contributed by atoms with E-state index >= 15 is 0 Å². The van der Waals surface area contributed by atoms with E-state index in [0.29, 0.717) is 0 Å². The molecule has 0 aliphatic rings. The van der Waals surface area contributed by atoms with Gasteiger partial charge >= 0.3 is 18.1 Å². The van der Waals surface area contributed by atoms with Gasteiger partial charge in [0, 0.05) is 0 Å². The van der Waals surface area contributed by atoms with E-state index in [2.05, 4.69) is 14.5 Å². The summed E-state index contributed by atoms with van der Waals surface area (Å²) in [5.41, 5.74) is -1.64. The van der Waals surface area contributed by atoms with E-state index in [4.69, 9.17) is 0 Å². The molecular formula is C16H16F3NO5. The summed E-state index contributed by atoms with van der Waals surface area (Å²) in [7, 11) is 1.13. The molecule has 6 nitrogen and oxygen atoms in total. The molecule has 1 aromatic rings. The summed E-state index contributed by atoms with van der Waals surface area (Å²) in [6, 6.07) is 5.71. The number of allylic oxidation sites excluding steroid dienone is 1. The third kappa shape index (κ3) is 5.07. The van der Waals surface area contributed by atoms with Crippen molar-refractivity contribution in [1.29, 1.82) is 0 Å². The first kappa shape index (κ1) is 20.2. The van der Waals surface area contributed by atoms with Crippen LogP contribution in [0, 0.1) is 0 Å². The first-order chi connectivity index (χ1) is 11.6. The quantitative estimate of drug-likeness (QED) is 0.376. The molecular weight excluding hydrogens is 343 g/mol. The first-order valence-electron chi connectivity index (χ1n) is 7.04. The fraction of sp³-hybridized carbons (Fsp3) is 0.312. The second kappa shape index (κ2) is 8.32. The van der Waals surface area contributed by atoms with Gasteiger partial charge in [-0.15, -0.1) is 0 Å². The van der Waals surface area contributed by atoms with Crippen molar-refractivity contribution < 1.29 is 37.3 Å². The van der Waals surface area contributed by atoms with Crippen LogP contribution in [-0.4, -0.2) is 42.6 Å². The average molecular weight is 359 g/mol. The van der Waals surface area contributed by atoms with Crippen LogP contribution in [-0.2, 0) is 14.3 Å². The largest absolute Gasteiger partial charge is 0.504 e. The highest BCUT2D eigenvalue weighted by Crippen LogP contribution is 2.28. The summed E-state index contributed by atoms with van der Waals surface area (Å²) < 4.78 is 47.6. The number of hydrogen-bond acceptors (Lipinski definition) is 6. The van der Waals surface area contributed by atoms with Gasteiger partial charge in [-0.25, -0.2) is 9.59 Å². The highest BCUT2D eigenvalue weighted by molar-refractivity contribution is 6.20. The number of benzene rings is 1. The number of carbonyl (C=O) groups excluding carboxylic acids is 2. The number of aliphatic imine (C=N–C) groups is 1. The molecule has 25 heavy (non-hydrogen) atoms. The van der Waals surface area contributed by atoms with Gasteiger partial charge in [0.15, 0.2) is 0 Å². The molecule has 1 N–H and O–H groups in total. The molecule has 1 aromatic carbocycles. The van der Waals surface area contributed by atoms with Gasteiger partial charge < -0.3 is 14.6 Å². The van der Waals surface area contributed by atoms with E-state index in [-0.39, 0.29) is 17.9 Å². The smallest absolute Gasteiger partial charge is 0.449 e. The molecule has 136 valence electrons. The molecule has 0 radical (unpaired) electrons. The predicted molar refractivity (Wildman–Crippen MR) is 82.9 cm³/mol. The Morgan fingerprint density at radius 3 is 2.36 bits per heavy atom. The third-order valence-corrected chi connectivity index (χ3v) is 2.94. The van der Waals surface area contributed by atoms with Gasteiger partial charge in [-0.05, 0) is 26.0 Å². The molecule has 0 amide bonds. The van der Waals surface area contributed by atoms with Crippen LogP contribution in [0.1, 0.15) is 24.2 Å². The Hall–Kier alpha value is -2.84. The topological polar surface area (TPSA) is 85.2 Å². The summed E-state index contributed by atoms with van der Waals surface area (Å²) in [4.78, 5) is 27.4. The van der Waals surface area contributed by atoms with Crippen molar-refractivity contribution in [3.63, 3.8) is 0 Å². The van der Waals surface area contributed by atoms with E-state index < -0.39 is 35.2 Å². The Bertz CT molecular complexity index is 723. The second-order valence-corrected chi connectivity index (χ2v) is 4.65. The van der Waals surface area contributed by atoms with Crippen molar-refractivity contribution in [3.05, 3.63) is 41.2 Å². The minimum atomic E-state index is -5.17. The monoisotopic (exact) mass is 359 g/mol. The SMILES string of the molecule is CCOC(=O)/C(C(C)=Nc1ccccc1C(=O)OC)=C(/O)C(F)(F)F. The lowest BCUT2D eigenvalue weighted by Crippen LogP contribution is -2.23. The molecule has 9 heteroatoms. The van der Waals surface area contributed by atoms with Gasteiger partial charge in [0.25, 0.3) is 0 Å². The molecule has 0 atom stereocenters. The lowest BCUT2D eigenvalue weighted by Gasteiger charge is -2.13. The Morgan fingerprint density at radius 2 is 1.84 bits per heavy atom. The molecule has 1 rings (SSSR count). The molecule has 0 saturated heterocycles. The first-order valence-corrected chi connectivity index (χ1v) is 7.04. The van der Waals surface area contributed by atoms with Gasteiger partial charge in [-0.2, -0.15) is 13.2 Å². The van der Waals surface area contributed by atoms with Crippen LogP contribution in [0.4, 0.5) is 18.9 Å². The maximum atomic E-state index is 12.8. The van der Waals surface area contributed by atoms with Crippen LogP contribution >= 0.6 is 0 Å². The van der Waals surface area contributed by atoms with Crippen LogP contribution in [0.3, 0.4) is 0 Å². The van der Waals surface area contributed by atoms with Crippen LogP contribution in [0.15, 0.2) is 40.6 Å². The zero-order valence-corrected chi connectivity index (χ0v) is 13.7. The number of ether oxygens (including phenoxy) is 2. The van der Waals surface area contributed by atoms with Gasteiger partial charge in [-0.1, -0.05) is 12.1 Å². The number of nitrogens with zero attached hydrogens (tertiary/aromatic N) is 1. The van der Waals surface area contributed by atoms with Crippen molar-refractivity contribution in [2.24, 2.45) is 4.99 Å². The predicted octanol–water partition coefficient (Wildman–Crippen LogP) is 3.50. The Morgan fingerprint density at radius 1 is 1.24 bits per heavy atom. The summed E-state index contributed by atoms with van der Waals surface area (Å²) in [6.07, 6.45) is -5.17. The number of para-hydroxylation sites is 1. The van der Waals surface area contributed by atoms with Crippen LogP contribution in [0.25, 0.3) is 0 Å². The maximum absolute atomic E-state index is 12.8. The zero-order valence-electron chi connectivity index (χ0n) is 13.7. The van der Waals surface area contributed by atoms with Crippen LogP contribution in [0.2, 0.25) is 0 Å². The Labute approximate surface area is 141 Å². The second-order valence-electron chi connectivity index (χ2n) is 4.65. The fourth-order valence-corrected chi connectivity index (χ4v) is 1.85. The van der Waals surface area contributed by atoms with E-state index in [0.717, 1.165) is 14.0 Å². The maximum Gasteiger partial charge on any atom is 0.449 e. The number of carbonyl (C=O) groups is 2. The van der Waals surface area contributed by atoms with Crippen molar-refractivity contribution in [1.82, 2.24) is 0 Å². The lowest BCUT2D eigenvalue weighted by atomic mass is 10.1. The van der Waals surface area contributed by atoms with E-state index in [1.54, 1.807) is 0 Å². The summed E-state index contributed by atoms with van der Waals surface area (Å²) >= 11 is 0. The number of rotatable bonds is 5. The number of methoxy groups -OCH3 is 1. The van der Waals surface area contributed by atoms with Gasteiger partial charge in [0.05, 0.1) is 30.7 Å². The van der Waals surface area contributed by atoms with Gasteiger partial charge in [0.1, 0.15) is 5.57 Å². The highest BCUT2D eigenvalue weighted by atomic mass is 19.4. The molecule has 0 spiro atoms. The molecule has 0 bridgehead atoms. The third-order valence-electron chi connectivity index (χ3n) is 2.94. The van der Waals surface area contributed by atoms with E-state index in [9.17, 15) is 27.9 Å². The molecule has 0 fully saturated rings. The summed E-state index contributed by atoms with van der Waals surface area (Å²) in [5, 5.41) is 9.40. The normalized spacial score (nSPS) is 13.1. The molecule has 0 aromatic heterocycles. The molecule has 0 unspecified atom stereocenters. The van der Waals surface area contributed by atoms with Crippen LogP contribution < -0.4 is 0 Å². The number of aliphatic hydroxyl groups excluding tert-OH is 1. The number of hydrogen-bond donors (Lipinski definition) is 1. The molecule has 0 heterocycles. The molecule has 0 aliphatic carbocycles. The van der Waals surface area contributed by atoms with Crippen molar-refractivity contribution in [3.8, 4) is 0 Å². The zero-order chi connectivity index (χ0) is 19.2. The number of esters is 2. The average Bonchev–Trinajstić information content (AvgIpc) is 2.54. The minimum absolute atomic E-state index is 0.0148. The fourth-order valence-electron chi connectivity index (χ4n) is 1.85.